The van der Waals surface area contributed by atoms with Crippen LogP contribution in [0.15, 0.2) is 53.8 Å². The van der Waals surface area contributed by atoms with Crippen molar-refractivity contribution in [2.75, 3.05) is 6.61 Å². The van der Waals surface area contributed by atoms with Gasteiger partial charge in [0.1, 0.15) is 6.10 Å². The van der Waals surface area contributed by atoms with Gasteiger partial charge in [0, 0.05) is 23.7 Å². The molecule has 1 aliphatic heterocycles. The van der Waals surface area contributed by atoms with Gasteiger partial charge in [-0.3, -0.25) is 14.4 Å². The van der Waals surface area contributed by atoms with Crippen LogP contribution in [0.4, 0.5) is 0 Å². The number of esters is 2. The van der Waals surface area contributed by atoms with E-state index in [1.54, 1.807) is 30.3 Å². The number of carbonyl (C=O) groups is 4. The highest BCUT2D eigenvalue weighted by molar-refractivity contribution is 6.04. The van der Waals surface area contributed by atoms with Crippen molar-refractivity contribution >= 4 is 23.5 Å². The van der Waals surface area contributed by atoms with Gasteiger partial charge in [-0.15, -0.1) is 0 Å². The summed E-state index contributed by atoms with van der Waals surface area (Å²) in [7, 11) is 0. The first-order chi connectivity index (χ1) is 17.6. The normalized spacial score (nSPS) is 38.9. The van der Waals surface area contributed by atoms with Crippen LogP contribution in [0.5, 0.6) is 0 Å². The number of rotatable bonds is 5. The standard InChI is InChI=1S/C30H32O7/c1-17(31)35-16-25(33)30(37-27(34)18-7-5-4-6-8-18)12-11-21-20-10-9-19-13-22(32)23-14-28(19,2)26(20)24(36-23)15-29(21,30)3/h4-8,13-14,20-21,24,26H,9-12,15-16H2,1-3H3/t20-,21-,24?,26+,28-,29-,30-/m0/s1. The van der Waals surface area contributed by atoms with E-state index in [2.05, 4.69) is 6.92 Å². The number of carbonyl (C=O) groups excluding carboxylic acids is 4. The summed E-state index contributed by atoms with van der Waals surface area (Å²) in [6.45, 7) is 5.05. The number of hydrogen-bond acceptors (Lipinski definition) is 7. The molecule has 3 fully saturated rings. The number of allylic oxidation sites excluding steroid dienone is 3. The minimum absolute atomic E-state index is 0.101. The largest absolute Gasteiger partial charge is 0.486 e. The quantitative estimate of drug-likeness (QED) is 0.550. The summed E-state index contributed by atoms with van der Waals surface area (Å²) in [6.07, 6.45) is 6.78. The van der Waals surface area contributed by atoms with Gasteiger partial charge >= 0.3 is 11.9 Å². The molecule has 1 unspecified atom stereocenters. The highest BCUT2D eigenvalue weighted by Crippen LogP contribution is 2.69. The van der Waals surface area contributed by atoms with E-state index in [4.69, 9.17) is 14.2 Å². The Kier molecular flexibility index (Phi) is 5.31. The molecule has 1 heterocycles. The zero-order valence-corrected chi connectivity index (χ0v) is 21.5. The van der Waals surface area contributed by atoms with Crippen molar-refractivity contribution < 1.29 is 33.4 Å². The molecule has 6 rings (SSSR count). The second-order valence-electron chi connectivity index (χ2n) is 11.8. The Labute approximate surface area is 216 Å². The number of fused-ring (bicyclic) bond motifs is 2. The van der Waals surface area contributed by atoms with Gasteiger partial charge in [0.2, 0.25) is 11.6 Å². The molecule has 4 aliphatic carbocycles. The molecule has 7 heteroatoms. The average Bonchev–Trinajstić information content (AvgIpc) is 3.16. The van der Waals surface area contributed by atoms with Crippen LogP contribution in [-0.4, -0.2) is 41.8 Å². The Morgan fingerprint density at radius 3 is 2.59 bits per heavy atom. The van der Waals surface area contributed by atoms with E-state index >= 15 is 0 Å². The molecule has 0 N–H and O–H groups in total. The third-order valence-corrected chi connectivity index (χ3v) is 10.1. The maximum atomic E-state index is 13.9. The predicted molar refractivity (Wildman–Crippen MR) is 132 cm³/mol. The lowest BCUT2D eigenvalue weighted by molar-refractivity contribution is -0.189. The van der Waals surface area contributed by atoms with Gasteiger partial charge in [-0.1, -0.05) is 37.6 Å². The third-order valence-electron chi connectivity index (χ3n) is 10.1. The predicted octanol–water partition coefficient (Wildman–Crippen LogP) is 4.36. The Morgan fingerprint density at radius 1 is 1.11 bits per heavy atom. The molecule has 194 valence electrons. The fraction of sp³-hybridized carbons (Fsp3) is 0.533. The molecule has 3 saturated carbocycles. The van der Waals surface area contributed by atoms with Crippen molar-refractivity contribution in [3.63, 3.8) is 0 Å². The van der Waals surface area contributed by atoms with Gasteiger partial charge in [0.15, 0.2) is 18.0 Å². The van der Waals surface area contributed by atoms with E-state index in [1.165, 1.54) is 12.5 Å². The Balaban J connectivity index is 1.42. The van der Waals surface area contributed by atoms with Crippen molar-refractivity contribution in [2.24, 2.45) is 28.6 Å². The fourth-order valence-corrected chi connectivity index (χ4v) is 8.47. The smallest absolute Gasteiger partial charge is 0.339 e. The maximum absolute atomic E-state index is 13.9. The summed E-state index contributed by atoms with van der Waals surface area (Å²) in [5, 5.41) is 0. The van der Waals surface area contributed by atoms with Crippen LogP contribution in [0.1, 0.15) is 63.2 Å². The molecule has 2 bridgehead atoms. The maximum Gasteiger partial charge on any atom is 0.339 e. The number of ether oxygens (including phenoxy) is 3. The monoisotopic (exact) mass is 504 g/mol. The molecule has 5 aliphatic rings. The summed E-state index contributed by atoms with van der Waals surface area (Å²) >= 11 is 0. The van der Waals surface area contributed by atoms with E-state index in [9.17, 15) is 19.2 Å². The van der Waals surface area contributed by atoms with Gasteiger partial charge in [0.05, 0.1) is 5.56 Å². The van der Waals surface area contributed by atoms with Crippen LogP contribution in [0.3, 0.4) is 0 Å². The lowest BCUT2D eigenvalue weighted by atomic mass is 9.45. The van der Waals surface area contributed by atoms with E-state index in [0.29, 0.717) is 24.2 Å². The first-order valence-corrected chi connectivity index (χ1v) is 13.2. The molecular weight excluding hydrogens is 472 g/mol. The molecule has 7 atom stereocenters. The van der Waals surface area contributed by atoms with E-state index in [0.717, 1.165) is 19.3 Å². The van der Waals surface area contributed by atoms with Crippen LogP contribution in [-0.2, 0) is 28.6 Å². The highest BCUT2D eigenvalue weighted by atomic mass is 16.6. The average molecular weight is 505 g/mol. The second-order valence-corrected chi connectivity index (χ2v) is 11.8. The Hall–Kier alpha value is -3.22. The van der Waals surface area contributed by atoms with Crippen molar-refractivity contribution in [3.05, 3.63) is 59.4 Å². The minimum Gasteiger partial charge on any atom is -0.486 e. The third kappa shape index (κ3) is 3.32. The molecule has 0 spiro atoms. The van der Waals surface area contributed by atoms with Crippen molar-refractivity contribution in [3.8, 4) is 0 Å². The summed E-state index contributed by atoms with van der Waals surface area (Å²) in [5.41, 5.74) is -0.916. The van der Waals surface area contributed by atoms with Crippen molar-refractivity contribution in [1.82, 2.24) is 0 Å². The molecule has 0 aromatic heterocycles. The molecule has 0 saturated heterocycles. The molecule has 37 heavy (non-hydrogen) atoms. The summed E-state index contributed by atoms with van der Waals surface area (Å²) in [6, 6.07) is 8.64. The lowest BCUT2D eigenvalue weighted by Gasteiger charge is -2.62. The highest BCUT2D eigenvalue weighted by Gasteiger charge is 2.72. The van der Waals surface area contributed by atoms with Crippen LogP contribution in [0, 0.1) is 28.6 Å². The van der Waals surface area contributed by atoms with Gasteiger partial charge in [-0.05, 0) is 68.2 Å². The van der Waals surface area contributed by atoms with Crippen LogP contribution in [0.25, 0.3) is 0 Å². The first kappa shape index (κ1) is 24.1. The second kappa shape index (κ2) is 8.14. The van der Waals surface area contributed by atoms with Crippen LogP contribution in [0.2, 0.25) is 0 Å². The Morgan fingerprint density at radius 2 is 1.86 bits per heavy atom. The summed E-state index contributed by atoms with van der Waals surface area (Å²) < 4.78 is 17.7. The van der Waals surface area contributed by atoms with Crippen molar-refractivity contribution in [1.29, 1.82) is 0 Å². The molecule has 0 radical (unpaired) electrons. The van der Waals surface area contributed by atoms with E-state index in [-0.39, 0.29) is 35.1 Å². The number of ketones is 2. The molecule has 1 aromatic rings. The SMILES string of the molecule is CC(=O)OCC(=O)[C@@]1(OC(=O)c2ccccc2)CC[C@H]2[C@@H]3CCC4=CC(=O)C5=C[C@]4(C)[C@H]3C(C[C@@]21C)O5. The number of Topliss-reactive ketones (excluding diaryl/α,β-unsaturated/α-hetero) is 1. The molecule has 0 amide bonds. The van der Waals surface area contributed by atoms with Gasteiger partial charge in [0.25, 0.3) is 0 Å². The summed E-state index contributed by atoms with van der Waals surface area (Å²) in [4.78, 5) is 51.6. The topological polar surface area (TPSA) is 96.0 Å². The Bertz CT molecular complexity index is 1260. The van der Waals surface area contributed by atoms with E-state index in [1.807, 2.05) is 19.1 Å². The minimum atomic E-state index is -1.46. The molecule has 1 aromatic carbocycles. The van der Waals surface area contributed by atoms with Crippen LogP contribution >= 0.6 is 0 Å². The van der Waals surface area contributed by atoms with E-state index < -0.39 is 35.3 Å². The van der Waals surface area contributed by atoms with Gasteiger partial charge < -0.3 is 14.2 Å². The van der Waals surface area contributed by atoms with Gasteiger partial charge in [-0.2, -0.15) is 0 Å². The van der Waals surface area contributed by atoms with Crippen molar-refractivity contribution in [2.45, 2.75) is 64.6 Å². The molecular formula is C30H32O7. The fourth-order valence-electron chi connectivity index (χ4n) is 8.47. The number of hydrogen-bond donors (Lipinski definition) is 0. The van der Waals surface area contributed by atoms with Gasteiger partial charge in [-0.25, -0.2) is 4.79 Å². The van der Waals surface area contributed by atoms with Crippen LogP contribution < -0.4 is 0 Å². The summed E-state index contributed by atoms with van der Waals surface area (Å²) in [5.74, 6) is -0.697. The lowest BCUT2D eigenvalue weighted by Crippen LogP contribution is -2.64. The number of benzene rings is 1. The first-order valence-electron chi connectivity index (χ1n) is 13.2. The zero-order chi connectivity index (χ0) is 26.2. The zero-order valence-electron chi connectivity index (χ0n) is 21.5. The molecule has 7 nitrogen and oxygen atoms in total.